The van der Waals surface area contributed by atoms with Gasteiger partial charge in [-0.25, -0.2) is 18.0 Å². The highest BCUT2D eigenvalue weighted by molar-refractivity contribution is 5.81. The largest absolute Gasteiger partial charge is 0.351 e. The number of nitrogens with one attached hydrogen (secondary N) is 1. The van der Waals surface area contributed by atoms with Gasteiger partial charge in [0.05, 0.1) is 6.07 Å². The Morgan fingerprint density at radius 2 is 1.97 bits per heavy atom. The van der Waals surface area contributed by atoms with Crippen LogP contribution in [0.3, 0.4) is 0 Å². The van der Waals surface area contributed by atoms with E-state index in [0.717, 1.165) is 18.6 Å². The molecular weight excluding hydrogens is 421 g/mol. The molecular formula is C23H27F3N4O2. The number of piperidine rings is 1. The first-order valence-corrected chi connectivity index (χ1v) is 11.0. The fraction of sp³-hybridized carbons (Fsp3) is 0.609. The van der Waals surface area contributed by atoms with Crippen LogP contribution in [0.1, 0.15) is 44.1 Å². The molecule has 1 aliphatic heterocycles. The topological polar surface area (TPSA) is 99.2 Å². The molecule has 0 radical (unpaired) electrons. The van der Waals surface area contributed by atoms with Crippen LogP contribution in [0.15, 0.2) is 24.3 Å². The molecule has 1 aromatic carbocycles. The van der Waals surface area contributed by atoms with Crippen LogP contribution < -0.4 is 11.1 Å². The third kappa shape index (κ3) is 4.69. The Bertz CT molecular complexity index is 942. The molecule has 3 amide bonds. The molecule has 4 rings (SSSR count). The predicted molar refractivity (Wildman–Crippen MR) is 110 cm³/mol. The molecule has 1 spiro atoms. The normalized spacial score (nSPS) is 26.8. The molecule has 2 aliphatic carbocycles. The van der Waals surface area contributed by atoms with Crippen molar-refractivity contribution in [2.45, 2.75) is 56.4 Å². The fourth-order valence-corrected chi connectivity index (χ4v) is 5.20. The molecule has 3 N–H and O–H groups in total. The van der Waals surface area contributed by atoms with Crippen LogP contribution in [0.2, 0.25) is 0 Å². The van der Waals surface area contributed by atoms with Crippen molar-refractivity contribution in [2.24, 2.45) is 23.0 Å². The van der Waals surface area contributed by atoms with E-state index in [-0.39, 0.29) is 16.9 Å². The second-order valence-corrected chi connectivity index (χ2v) is 9.69. The van der Waals surface area contributed by atoms with Crippen LogP contribution in [0.5, 0.6) is 0 Å². The highest BCUT2D eigenvalue weighted by Crippen LogP contribution is 2.62. The molecule has 32 heavy (non-hydrogen) atoms. The number of urea groups is 1. The number of rotatable bonds is 7. The number of alkyl halides is 2. The van der Waals surface area contributed by atoms with E-state index in [4.69, 9.17) is 5.73 Å². The Morgan fingerprint density at radius 3 is 2.56 bits per heavy atom. The van der Waals surface area contributed by atoms with Crippen LogP contribution in [0, 0.1) is 34.4 Å². The average molecular weight is 448 g/mol. The summed E-state index contributed by atoms with van der Waals surface area (Å²) in [6.07, 6.45) is 1.79. The quantitative estimate of drug-likeness (QED) is 0.669. The number of hydrogen-bond donors (Lipinski definition) is 2. The van der Waals surface area contributed by atoms with E-state index in [1.807, 2.05) is 0 Å². The summed E-state index contributed by atoms with van der Waals surface area (Å²) in [6, 6.07) is 6.43. The Labute approximate surface area is 184 Å². The van der Waals surface area contributed by atoms with Gasteiger partial charge in [-0.2, -0.15) is 5.26 Å². The minimum atomic E-state index is -3.19. The zero-order valence-electron chi connectivity index (χ0n) is 17.8. The SMILES string of the molecule is N#CC1(NC(=O)[C@@H](CC(F)(F)Cc2ccc(F)cc2)C2CC23CCCN(C(N)=O)C3)CC1. The van der Waals surface area contributed by atoms with Gasteiger partial charge < -0.3 is 16.0 Å². The van der Waals surface area contributed by atoms with Crippen LogP contribution in [-0.4, -0.2) is 41.4 Å². The van der Waals surface area contributed by atoms with Gasteiger partial charge in [0.2, 0.25) is 5.91 Å². The van der Waals surface area contributed by atoms with Crippen molar-refractivity contribution >= 4 is 11.9 Å². The van der Waals surface area contributed by atoms with E-state index >= 15 is 8.78 Å². The number of nitrogens with zero attached hydrogens (tertiary/aromatic N) is 2. The van der Waals surface area contributed by atoms with Crippen LogP contribution in [-0.2, 0) is 11.2 Å². The first-order valence-electron chi connectivity index (χ1n) is 11.0. The number of carbonyl (C=O) groups is 2. The van der Waals surface area contributed by atoms with Gasteiger partial charge in [0.1, 0.15) is 11.4 Å². The molecule has 9 heteroatoms. The van der Waals surface area contributed by atoms with Crippen LogP contribution >= 0.6 is 0 Å². The van der Waals surface area contributed by atoms with Crippen molar-refractivity contribution in [1.82, 2.24) is 10.2 Å². The smallest absolute Gasteiger partial charge is 0.314 e. The number of primary amides is 1. The maximum Gasteiger partial charge on any atom is 0.314 e. The number of hydrogen-bond acceptors (Lipinski definition) is 3. The van der Waals surface area contributed by atoms with Gasteiger partial charge in [0.15, 0.2) is 0 Å². The first-order chi connectivity index (χ1) is 15.1. The maximum absolute atomic E-state index is 15.1. The van der Waals surface area contributed by atoms with Crippen molar-refractivity contribution in [1.29, 1.82) is 5.26 Å². The molecule has 0 bridgehead atoms. The standard InChI is InChI=1S/C23H27F3N4O2/c24-16-4-2-15(3-5-16)10-23(25,26)11-17(19(31)29-22(13-27)7-8-22)18-12-21(18)6-1-9-30(14-21)20(28)32/h2-5,17-18H,1,6-12,14H2,(H2,28,32)(H,29,31)/t17-,18?,21?/m0/s1. The zero-order valence-corrected chi connectivity index (χ0v) is 17.8. The maximum atomic E-state index is 15.1. The lowest BCUT2D eigenvalue weighted by atomic mass is 9.83. The molecule has 1 aromatic rings. The third-order valence-corrected chi connectivity index (χ3v) is 7.22. The van der Waals surface area contributed by atoms with E-state index in [2.05, 4.69) is 11.4 Å². The van der Waals surface area contributed by atoms with Gasteiger partial charge in [0.25, 0.3) is 5.92 Å². The Kier molecular flexibility index (Phi) is 5.60. The molecule has 1 saturated heterocycles. The number of nitriles is 1. The summed E-state index contributed by atoms with van der Waals surface area (Å²) in [5.74, 6) is -5.51. The van der Waals surface area contributed by atoms with E-state index in [1.54, 1.807) is 0 Å². The van der Waals surface area contributed by atoms with Gasteiger partial charge in [-0.3, -0.25) is 4.79 Å². The number of carbonyl (C=O) groups excluding carboxylic acids is 2. The number of amides is 3. The van der Waals surface area contributed by atoms with Gasteiger partial charge in [0, 0.05) is 31.8 Å². The van der Waals surface area contributed by atoms with Gasteiger partial charge in [-0.15, -0.1) is 0 Å². The summed E-state index contributed by atoms with van der Waals surface area (Å²) < 4.78 is 43.3. The lowest BCUT2D eigenvalue weighted by Crippen LogP contribution is -2.46. The summed E-state index contributed by atoms with van der Waals surface area (Å²) in [5, 5.41) is 12.0. The van der Waals surface area contributed by atoms with E-state index in [1.165, 1.54) is 17.0 Å². The first kappa shape index (κ1) is 22.4. The van der Waals surface area contributed by atoms with E-state index in [0.29, 0.717) is 38.8 Å². The minimum absolute atomic E-state index is 0.286. The molecule has 2 saturated carbocycles. The highest BCUT2D eigenvalue weighted by atomic mass is 19.3. The third-order valence-electron chi connectivity index (χ3n) is 7.22. The van der Waals surface area contributed by atoms with E-state index < -0.39 is 48.0 Å². The van der Waals surface area contributed by atoms with Crippen molar-refractivity contribution in [2.75, 3.05) is 13.1 Å². The zero-order chi connectivity index (χ0) is 23.1. The van der Waals surface area contributed by atoms with Crippen molar-refractivity contribution in [3.63, 3.8) is 0 Å². The summed E-state index contributed by atoms with van der Waals surface area (Å²) >= 11 is 0. The molecule has 3 fully saturated rings. The summed E-state index contributed by atoms with van der Waals surface area (Å²) in [7, 11) is 0. The summed E-state index contributed by atoms with van der Waals surface area (Å²) in [6.45, 7) is 0.892. The average Bonchev–Trinajstić information content (AvgIpc) is 3.65. The van der Waals surface area contributed by atoms with Crippen molar-refractivity contribution in [3.05, 3.63) is 35.6 Å². The second-order valence-electron chi connectivity index (χ2n) is 9.69. The lowest BCUT2D eigenvalue weighted by molar-refractivity contribution is -0.131. The van der Waals surface area contributed by atoms with Crippen molar-refractivity contribution < 1.29 is 22.8 Å². The monoisotopic (exact) mass is 448 g/mol. The fourth-order valence-electron chi connectivity index (χ4n) is 5.20. The molecule has 2 unspecified atom stereocenters. The van der Waals surface area contributed by atoms with Crippen molar-refractivity contribution in [3.8, 4) is 6.07 Å². The number of likely N-dealkylation sites (tertiary alicyclic amines) is 1. The molecule has 3 atom stereocenters. The lowest BCUT2D eigenvalue weighted by Gasteiger charge is -2.34. The Balaban J connectivity index is 1.52. The predicted octanol–water partition coefficient (Wildman–Crippen LogP) is 3.36. The molecule has 1 heterocycles. The Hall–Kier alpha value is -2.76. The van der Waals surface area contributed by atoms with E-state index in [9.17, 15) is 19.2 Å². The van der Waals surface area contributed by atoms with Gasteiger partial charge in [-0.1, -0.05) is 12.1 Å². The molecule has 0 aromatic heterocycles. The number of nitrogens with two attached hydrogens (primary N) is 1. The molecule has 3 aliphatic rings. The molecule has 172 valence electrons. The van der Waals surface area contributed by atoms with Gasteiger partial charge >= 0.3 is 6.03 Å². The van der Waals surface area contributed by atoms with Gasteiger partial charge in [-0.05, 0) is 61.1 Å². The van der Waals surface area contributed by atoms with Crippen LogP contribution in [0.4, 0.5) is 18.0 Å². The highest BCUT2D eigenvalue weighted by Gasteiger charge is 2.62. The second kappa shape index (κ2) is 7.98. The Morgan fingerprint density at radius 1 is 1.28 bits per heavy atom. The summed E-state index contributed by atoms with van der Waals surface area (Å²) in [5.41, 5.74) is 4.38. The summed E-state index contributed by atoms with van der Waals surface area (Å²) in [4.78, 5) is 26.3. The number of halogens is 3. The minimum Gasteiger partial charge on any atom is -0.351 e. The van der Waals surface area contributed by atoms with Crippen LogP contribution in [0.25, 0.3) is 0 Å². The number of benzene rings is 1. The molecule has 6 nitrogen and oxygen atoms in total.